The van der Waals surface area contributed by atoms with Crippen molar-refractivity contribution in [2.24, 2.45) is 0 Å². The Morgan fingerprint density at radius 3 is 2.38 bits per heavy atom. The first-order valence-corrected chi connectivity index (χ1v) is 4.07. The fraction of sp³-hybridized carbons (Fsp3) is 0.875. The molecule has 5 nitrogen and oxygen atoms in total. The van der Waals surface area contributed by atoms with Crippen molar-refractivity contribution in [1.29, 1.82) is 0 Å². The van der Waals surface area contributed by atoms with Crippen molar-refractivity contribution in [3.05, 3.63) is 0 Å². The Morgan fingerprint density at radius 2 is 1.92 bits per heavy atom. The first-order chi connectivity index (χ1) is 5.95. The summed E-state index contributed by atoms with van der Waals surface area (Å²) in [6.45, 7) is 1.09. The summed E-state index contributed by atoms with van der Waals surface area (Å²) in [6, 6.07) is 0. The average Bonchev–Trinajstić information content (AvgIpc) is 1.97. The fourth-order valence-corrected chi connectivity index (χ4v) is 0.560. The minimum atomic E-state index is -0.510. The zero-order chi connectivity index (χ0) is 10.3. The third-order valence-corrected chi connectivity index (χ3v) is 1.26. The van der Waals surface area contributed by atoms with Gasteiger partial charge in [0, 0.05) is 7.11 Å². The normalized spacial score (nSPS) is 11.4. The first kappa shape index (κ1) is 12.3. The van der Waals surface area contributed by atoms with Crippen LogP contribution in [0, 0.1) is 0 Å². The minimum absolute atomic E-state index is 0.0790. The number of hydrogen-bond donors (Lipinski definition) is 0. The van der Waals surface area contributed by atoms with E-state index in [9.17, 15) is 4.79 Å². The van der Waals surface area contributed by atoms with Crippen LogP contribution in [-0.4, -0.2) is 58.5 Å². The molecule has 0 saturated carbocycles. The minimum Gasteiger partial charge on any atom is -0.373 e. The molecule has 0 aromatic rings. The summed E-state index contributed by atoms with van der Waals surface area (Å²) in [5.41, 5.74) is 0. The highest BCUT2D eigenvalue weighted by Gasteiger charge is 2.08. The summed E-state index contributed by atoms with van der Waals surface area (Å²) >= 11 is 0. The third kappa shape index (κ3) is 9.26. The molecule has 0 N–H and O–H groups in total. The molecule has 0 bridgehead atoms. The van der Waals surface area contributed by atoms with Crippen molar-refractivity contribution in [3.8, 4) is 0 Å². The molecule has 0 aliphatic heterocycles. The van der Waals surface area contributed by atoms with Crippen molar-refractivity contribution in [2.45, 2.75) is 0 Å². The number of rotatable bonds is 6. The number of likely N-dealkylation sites (N-methyl/N-ethyl adjacent to an activating group) is 1. The molecule has 0 fully saturated rings. The van der Waals surface area contributed by atoms with E-state index in [2.05, 4.69) is 14.5 Å². The van der Waals surface area contributed by atoms with Gasteiger partial charge in [-0.05, 0) is 0 Å². The van der Waals surface area contributed by atoms with Gasteiger partial charge in [0.05, 0.1) is 21.1 Å². The molecule has 0 aromatic heterocycles. The van der Waals surface area contributed by atoms with E-state index in [1.165, 1.54) is 7.11 Å². The van der Waals surface area contributed by atoms with Crippen LogP contribution in [0.25, 0.3) is 0 Å². The van der Waals surface area contributed by atoms with Crippen LogP contribution >= 0.6 is 0 Å². The third-order valence-electron chi connectivity index (χ3n) is 1.26. The van der Waals surface area contributed by atoms with Gasteiger partial charge in [-0.3, -0.25) is 4.89 Å². The van der Waals surface area contributed by atoms with Crippen LogP contribution in [-0.2, 0) is 19.3 Å². The molecule has 78 valence electrons. The molecule has 0 radical (unpaired) electrons. The van der Waals surface area contributed by atoms with Crippen LogP contribution < -0.4 is 0 Å². The van der Waals surface area contributed by atoms with Crippen molar-refractivity contribution in [1.82, 2.24) is 0 Å². The maximum Gasteiger partial charge on any atom is 0.367 e. The van der Waals surface area contributed by atoms with Gasteiger partial charge in [0.25, 0.3) is 0 Å². The molecule has 0 saturated heterocycles. The van der Waals surface area contributed by atoms with E-state index in [0.717, 1.165) is 11.0 Å². The maximum absolute atomic E-state index is 10.7. The number of carbonyl (C=O) groups is 1. The smallest absolute Gasteiger partial charge is 0.367 e. The summed E-state index contributed by atoms with van der Waals surface area (Å²) in [5, 5.41) is 0. The second-order valence-electron chi connectivity index (χ2n) is 3.72. The summed E-state index contributed by atoms with van der Waals surface area (Å²) in [5.74, 6) is -0.510. The maximum atomic E-state index is 10.7. The van der Waals surface area contributed by atoms with Crippen molar-refractivity contribution in [3.63, 3.8) is 0 Å². The van der Waals surface area contributed by atoms with Gasteiger partial charge in [-0.1, -0.05) is 0 Å². The number of carbonyl (C=O) groups excluding carboxylic acids is 1. The van der Waals surface area contributed by atoms with Gasteiger partial charge >= 0.3 is 5.97 Å². The Balaban J connectivity index is 3.31. The fourth-order valence-electron chi connectivity index (χ4n) is 0.560. The summed E-state index contributed by atoms with van der Waals surface area (Å²) in [6.07, 6.45) is 0. The molecule has 0 aliphatic rings. The van der Waals surface area contributed by atoms with Crippen molar-refractivity contribution < 1.29 is 23.8 Å². The Morgan fingerprint density at radius 1 is 1.31 bits per heavy atom. The second-order valence-corrected chi connectivity index (χ2v) is 3.72. The summed E-state index contributed by atoms with van der Waals surface area (Å²) in [4.78, 5) is 19.8. The Bertz CT molecular complexity index is 153. The number of nitrogens with zero attached hydrogens (tertiary/aromatic N) is 1. The van der Waals surface area contributed by atoms with E-state index in [4.69, 9.17) is 0 Å². The lowest BCUT2D eigenvalue weighted by atomic mass is 10.5. The van der Waals surface area contributed by atoms with Gasteiger partial charge < -0.3 is 9.22 Å². The van der Waals surface area contributed by atoms with E-state index in [0.29, 0.717) is 6.61 Å². The van der Waals surface area contributed by atoms with Crippen molar-refractivity contribution >= 4 is 5.97 Å². The van der Waals surface area contributed by atoms with E-state index in [-0.39, 0.29) is 6.61 Å². The van der Waals surface area contributed by atoms with Crippen LogP contribution in [0.3, 0.4) is 0 Å². The van der Waals surface area contributed by atoms with Gasteiger partial charge in [0.15, 0.2) is 0 Å². The SMILES string of the molecule is COCC(=O)OOCC[N+](C)(C)C. The first-order valence-electron chi connectivity index (χ1n) is 4.07. The molecule has 13 heavy (non-hydrogen) atoms. The van der Waals surface area contributed by atoms with Crippen LogP contribution in [0.5, 0.6) is 0 Å². The molecule has 0 spiro atoms. The van der Waals surface area contributed by atoms with Crippen LogP contribution in [0.15, 0.2) is 0 Å². The molecule has 5 heteroatoms. The number of quaternary nitrogens is 1. The van der Waals surface area contributed by atoms with E-state index >= 15 is 0 Å². The summed E-state index contributed by atoms with van der Waals surface area (Å²) < 4.78 is 5.31. The quantitative estimate of drug-likeness (QED) is 0.253. The molecule has 0 atom stereocenters. The predicted molar refractivity (Wildman–Crippen MR) is 46.8 cm³/mol. The largest absolute Gasteiger partial charge is 0.373 e. The predicted octanol–water partition coefficient (Wildman–Crippen LogP) is -0.186. The van der Waals surface area contributed by atoms with Crippen LogP contribution in [0.2, 0.25) is 0 Å². The van der Waals surface area contributed by atoms with Gasteiger partial charge in [0.2, 0.25) is 0 Å². The molecule has 0 unspecified atom stereocenters. The average molecular weight is 192 g/mol. The molecular formula is C8H18NO4+. The van der Waals surface area contributed by atoms with Gasteiger partial charge in [-0.15, -0.1) is 0 Å². The Labute approximate surface area is 78.7 Å². The molecule has 0 heterocycles. The molecule has 0 rings (SSSR count). The molecule has 0 aliphatic carbocycles. The Hall–Kier alpha value is -0.650. The van der Waals surface area contributed by atoms with Crippen LogP contribution in [0.4, 0.5) is 0 Å². The lowest BCUT2D eigenvalue weighted by molar-refractivity contribution is -0.871. The monoisotopic (exact) mass is 192 g/mol. The number of hydrogen-bond acceptors (Lipinski definition) is 4. The van der Waals surface area contributed by atoms with E-state index in [1.807, 2.05) is 21.1 Å². The van der Waals surface area contributed by atoms with Gasteiger partial charge in [0.1, 0.15) is 19.8 Å². The summed E-state index contributed by atoms with van der Waals surface area (Å²) in [7, 11) is 7.51. The van der Waals surface area contributed by atoms with E-state index < -0.39 is 5.97 Å². The highest BCUT2D eigenvalue weighted by Crippen LogP contribution is 1.90. The number of ether oxygens (including phenoxy) is 1. The van der Waals surface area contributed by atoms with Gasteiger partial charge in [-0.2, -0.15) is 4.89 Å². The molecule has 0 aromatic carbocycles. The highest BCUT2D eigenvalue weighted by molar-refractivity contribution is 5.69. The standard InChI is InChI=1S/C8H18NO4/c1-9(2,3)5-6-12-13-8(10)7-11-4/h5-7H2,1-4H3/q+1. The zero-order valence-electron chi connectivity index (χ0n) is 8.70. The number of methoxy groups -OCH3 is 1. The Kier molecular flexibility index (Phi) is 5.61. The molecule has 0 amide bonds. The lowest BCUT2D eigenvalue weighted by Crippen LogP contribution is -2.37. The highest BCUT2D eigenvalue weighted by atomic mass is 17.2. The lowest BCUT2D eigenvalue weighted by Gasteiger charge is -2.22. The topological polar surface area (TPSA) is 44.8 Å². The van der Waals surface area contributed by atoms with Crippen LogP contribution in [0.1, 0.15) is 0 Å². The molecular weight excluding hydrogens is 174 g/mol. The van der Waals surface area contributed by atoms with Crippen molar-refractivity contribution in [2.75, 3.05) is 48.0 Å². The second kappa shape index (κ2) is 5.90. The van der Waals surface area contributed by atoms with E-state index in [1.54, 1.807) is 0 Å². The zero-order valence-corrected chi connectivity index (χ0v) is 8.70. The van der Waals surface area contributed by atoms with Gasteiger partial charge in [-0.25, -0.2) is 4.79 Å².